The number of fused-ring (bicyclic) bond motifs is 1. The van der Waals surface area contributed by atoms with Crippen LogP contribution in [0.25, 0.3) is 11.0 Å². The average Bonchev–Trinajstić information content (AvgIpc) is 4.09. The zero-order chi connectivity index (χ0) is 48.6. The van der Waals surface area contributed by atoms with Gasteiger partial charge in [0.15, 0.2) is 23.1 Å². The molecule has 19 heteroatoms. The van der Waals surface area contributed by atoms with Crippen LogP contribution in [0.1, 0.15) is 81.2 Å². The van der Waals surface area contributed by atoms with Crippen molar-refractivity contribution in [2.75, 3.05) is 40.0 Å². The lowest BCUT2D eigenvalue weighted by atomic mass is 10.0. The predicted octanol–water partition coefficient (Wildman–Crippen LogP) is 6.33. The van der Waals surface area contributed by atoms with Gasteiger partial charge in [0.1, 0.15) is 42.1 Å². The molecule has 3 aliphatic rings. The topological polar surface area (TPSA) is 201 Å². The Morgan fingerprint density at radius 1 is 0.797 bits per heavy atom. The van der Waals surface area contributed by atoms with E-state index in [-0.39, 0.29) is 90.5 Å². The van der Waals surface area contributed by atoms with Gasteiger partial charge in [0, 0.05) is 55.0 Å². The molecule has 0 bridgehead atoms. The molecule has 15 nitrogen and oxygen atoms in total. The molecular formula is C50H48F4N8O7. The summed E-state index contributed by atoms with van der Waals surface area (Å²) in [6.07, 6.45) is 2.30. The van der Waals surface area contributed by atoms with Crippen molar-refractivity contribution >= 4 is 17.0 Å². The zero-order valence-electron chi connectivity index (χ0n) is 37.5. The van der Waals surface area contributed by atoms with Crippen molar-refractivity contribution in [3.05, 3.63) is 147 Å². The maximum Gasteiger partial charge on any atom is 0.337 e. The van der Waals surface area contributed by atoms with E-state index in [0.717, 1.165) is 41.8 Å². The van der Waals surface area contributed by atoms with E-state index in [9.17, 15) is 32.6 Å². The Morgan fingerprint density at radius 3 is 1.94 bits per heavy atom. The van der Waals surface area contributed by atoms with Gasteiger partial charge in [-0.3, -0.25) is 14.9 Å². The number of imidazole rings is 1. The highest BCUT2D eigenvalue weighted by molar-refractivity contribution is 5.93. The van der Waals surface area contributed by atoms with Gasteiger partial charge in [-0.15, -0.1) is 0 Å². The number of esters is 1. The number of carbonyl (C=O) groups excluding carboxylic acids is 1. The molecule has 0 amide bonds. The Kier molecular flexibility index (Phi) is 15.4. The van der Waals surface area contributed by atoms with E-state index in [0.29, 0.717) is 56.2 Å². The van der Waals surface area contributed by atoms with Crippen molar-refractivity contribution in [3.8, 4) is 23.6 Å². The second-order valence-corrected chi connectivity index (χ2v) is 17.0. The molecule has 3 aromatic carbocycles. The fourth-order valence-corrected chi connectivity index (χ4v) is 8.65. The first-order chi connectivity index (χ1) is 33.5. The maximum absolute atomic E-state index is 14.7. The minimum absolute atomic E-state index is 0.0179. The smallest absolute Gasteiger partial charge is 0.337 e. The number of halogens is 4. The number of methoxy groups -OCH3 is 1. The van der Waals surface area contributed by atoms with Crippen molar-refractivity contribution in [3.63, 3.8) is 0 Å². The summed E-state index contributed by atoms with van der Waals surface area (Å²) in [4.78, 5) is 28.1. The Hall–Kier alpha value is -7.00. The van der Waals surface area contributed by atoms with E-state index >= 15 is 0 Å². The number of nitriles is 2. The van der Waals surface area contributed by atoms with Gasteiger partial charge in [-0.1, -0.05) is 0 Å². The molecule has 3 fully saturated rings. The number of aliphatic hydroxyl groups excluding tert-OH is 2. The average molecular weight is 949 g/mol. The van der Waals surface area contributed by atoms with Crippen molar-refractivity contribution in [1.82, 2.24) is 29.7 Å². The number of likely N-dealkylation sites (tertiary alicyclic amines) is 1. The summed E-state index contributed by atoms with van der Waals surface area (Å²) in [6.45, 7) is 2.40. The lowest BCUT2D eigenvalue weighted by molar-refractivity contribution is -0.0592. The van der Waals surface area contributed by atoms with E-state index in [2.05, 4.69) is 24.8 Å². The van der Waals surface area contributed by atoms with Crippen LogP contribution in [0.15, 0.2) is 78.9 Å². The summed E-state index contributed by atoms with van der Waals surface area (Å²) in [6, 6.07) is 22.3. The molecule has 3 N–H and O–H groups in total. The highest BCUT2D eigenvalue weighted by atomic mass is 19.1. The van der Waals surface area contributed by atoms with Crippen molar-refractivity contribution in [2.45, 2.75) is 75.6 Å². The minimum Gasteiger partial charge on any atom is -0.484 e. The van der Waals surface area contributed by atoms with E-state index in [1.807, 2.05) is 12.1 Å². The third-order valence-corrected chi connectivity index (χ3v) is 12.5. The van der Waals surface area contributed by atoms with Gasteiger partial charge < -0.3 is 39.0 Å². The maximum atomic E-state index is 14.7. The standard InChI is InChI=1S/C32H31F2N5O5.C18H17F2N3O2/c1-42-32(41)20-3-5-27-29(12-20)39(15-23-8-9-43-23)31(37-27)16-38-14-21(11-22(38)17-40)26-6-4-24(33)28(36-26)18-44-30-7-2-19(13-35)10-25(30)34;19-14-2-3-16(12-6-13(9-24)22-8-12)23-17(14)10-25-18-4-1-11(7-21)5-15(18)20/h2-7,10,12,21-23,40H,8-9,11,14-18H2,1H3;1-5,12-13,22,24H,6,8-10H2/t21?,22-,23+;12?,13-/m11/s1. The second kappa shape index (κ2) is 22.0. The minimum atomic E-state index is -0.714. The number of aromatic nitrogens is 4. The number of hydrogen-bond donors (Lipinski definition) is 3. The summed E-state index contributed by atoms with van der Waals surface area (Å²) >= 11 is 0. The normalized spacial score (nSPS) is 19.8. The molecule has 69 heavy (non-hydrogen) atoms. The first kappa shape index (κ1) is 48.5. The molecule has 5 atom stereocenters. The van der Waals surface area contributed by atoms with Crippen LogP contribution in [0, 0.1) is 45.9 Å². The molecule has 0 spiro atoms. The van der Waals surface area contributed by atoms with Crippen molar-refractivity contribution in [2.24, 2.45) is 0 Å². The van der Waals surface area contributed by atoms with E-state index in [1.54, 1.807) is 30.3 Å². The SMILES string of the molecule is COC(=O)c1ccc2nc(CN3CC(c4ccc(F)c(COc5ccc(C#N)cc5F)n4)C[C@@H]3CO)n(C[C@@H]3CCO3)c2c1.N#Cc1ccc(OCc2nc(C3CN[C@@H](CO)C3)ccc2F)c(F)c1. The lowest BCUT2D eigenvalue weighted by Crippen LogP contribution is -2.35. The molecule has 0 saturated carbocycles. The second-order valence-electron chi connectivity index (χ2n) is 17.0. The van der Waals surface area contributed by atoms with Crippen LogP contribution in [0.2, 0.25) is 0 Å². The van der Waals surface area contributed by atoms with Gasteiger partial charge in [0.2, 0.25) is 0 Å². The molecule has 0 radical (unpaired) electrons. The third-order valence-electron chi connectivity index (χ3n) is 12.5. The lowest BCUT2D eigenvalue weighted by Gasteiger charge is -2.28. The summed E-state index contributed by atoms with van der Waals surface area (Å²) in [5.41, 5.74) is 3.80. The number of carbonyl (C=O) groups is 1. The highest BCUT2D eigenvalue weighted by Crippen LogP contribution is 2.34. The van der Waals surface area contributed by atoms with E-state index in [4.69, 9.17) is 34.5 Å². The van der Waals surface area contributed by atoms with Crippen LogP contribution in [0.5, 0.6) is 11.5 Å². The van der Waals surface area contributed by atoms with Gasteiger partial charge >= 0.3 is 5.97 Å². The number of nitrogens with zero attached hydrogens (tertiary/aromatic N) is 7. The first-order valence-corrected chi connectivity index (χ1v) is 22.3. The summed E-state index contributed by atoms with van der Waals surface area (Å²) < 4.78 is 80.3. The fraction of sp³-hybridized carbons (Fsp3) is 0.360. The van der Waals surface area contributed by atoms with Crippen LogP contribution >= 0.6 is 0 Å². The molecule has 0 aliphatic carbocycles. The molecule has 3 aromatic heterocycles. The highest BCUT2D eigenvalue weighted by Gasteiger charge is 2.35. The molecule has 9 rings (SSSR count). The summed E-state index contributed by atoms with van der Waals surface area (Å²) in [5, 5.41) is 40.3. The van der Waals surface area contributed by atoms with Gasteiger partial charge in [-0.25, -0.2) is 27.3 Å². The zero-order valence-corrected chi connectivity index (χ0v) is 37.5. The number of benzene rings is 3. The third kappa shape index (κ3) is 11.3. The van der Waals surface area contributed by atoms with Crippen molar-refractivity contribution < 1.29 is 51.5 Å². The molecule has 358 valence electrons. The predicted molar refractivity (Wildman–Crippen MR) is 240 cm³/mol. The van der Waals surface area contributed by atoms with Gasteiger partial charge in [0.25, 0.3) is 0 Å². The van der Waals surface area contributed by atoms with Crippen LogP contribution in [-0.2, 0) is 35.8 Å². The monoisotopic (exact) mass is 948 g/mol. The van der Waals surface area contributed by atoms with Crippen LogP contribution in [0.4, 0.5) is 17.6 Å². The Bertz CT molecular complexity index is 2900. The number of aliphatic hydroxyl groups is 2. The fourth-order valence-electron chi connectivity index (χ4n) is 8.65. The van der Waals surface area contributed by atoms with Gasteiger partial charge in [-0.05, 0) is 98.1 Å². The van der Waals surface area contributed by atoms with E-state index in [1.165, 1.54) is 43.5 Å². The largest absolute Gasteiger partial charge is 0.484 e. The number of nitrogens with one attached hydrogen (secondary N) is 1. The molecule has 6 heterocycles. The van der Waals surface area contributed by atoms with E-state index < -0.39 is 29.2 Å². The number of ether oxygens (including phenoxy) is 4. The first-order valence-electron chi connectivity index (χ1n) is 22.3. The molecule has 2 unspecified atom stereocenters. The van der Waals surface area contributed by atoms with Crippen molar-refractivity contribution in [1.29, 1.82) is 10.5 Å². The number of hydrogen-bond acceptors (Lipinski definition) is 14. The number of pyridine rings is 2. The molecule has 6 aromatic rings. The van der Waals surface area contributed by atoms with Crippen LogP contribution in [-0.4, -0.2) is 98.8 Å². The summed E-state index contributed by atoms with van der Waals surface area (Å²) in [5.74, 6) is -2.32. The molecule has 3 saturated heterocycles. The number of rotatable bonds is 15. The summed E-state index contributed by atoms with van der Waals surface area (Å²) in [7, 11) is 1.34. The Morgan fingerprint density at radius 2 is 1.42 bits per heavy atom. The van der Waals surface area contributed by atoms with Gasteiger partial charge in [0.05, 0.1) is 79.4 Å². The Balaban J connectivity index is 0.000000217. The van der Waals surface area contributed by atoms with Crippen LogP contribution in [0.3, 0.4) is 0 Å². The molecule has 3 aliphatic heterocycles. The van der Waals surface area contributed by atoms with Crippen LogP contribution < -0.4 is 14.8 Å². The quantitative estimate of drug-likeness (QED) is 0.0761. The Labute approximate surface area is 394 Å². The van der Waals surface area contributed by atoms with Gasteiger partial charge in [-0.2, -0.15) is 10.5 Å². The molecular weight excluding hydrogens is 901 g/mol.